The zero-order valence-corrected chi connectivity index (χ0v) is 16.6. The maximum Gasteiger partial charge on any atom is 0.292 e. The fraction of sp³-hybridized carbons (Fsp3) is 0.0556. The summed E-state index contributed by atoms with van der Waals surface area (Å²) in [6.07, 6.45) is 1.29. The van der Waals surface area contributed by atoms with Gasteiger partial charge in [0.2, 0.25) is 0 Å². The minimum absolute atomic E-state index is 0.154. The van der Waals surface area contributed by atoms with Crippen LogP contribution in [0.4, 0.5) is 10.1 Å². The van der Waals surface area contributed by atoms with Crippen molar-refractivity contribution in [2.45, 2.75) is 0 Å². The molecular formula is C18H12Cl3FN4O2. The minimum atomic E-state index is -0.658. The quantitative estimate of drug-likeness (QED) is 0.619. The van der Waals surface area contributed by atoms with Crippen LogP contribution in [0.25, 0.3) is 5.69 Å². The smallest absolute Gasteiger partial charge is 0.285 e. The number of carbonyl (C=O) groups is 1. The van der Waals surface area contributed by atoms with E-state index in [9.17, 15) is 14.0 Å². The number of nitrogens with zero attached hydrogens (tertiary/aromatic N) is 3. The predicted molar refractivity (Wildman–Crippen MR) is 107 cm³/mol. The number of nitrogens with one attached hydrogen (secondary N) is 1. The zero-order chi connectivity index (χ0) is 20.4. The van der Waals surface area contributed by atoms with Crippen LogP contribution in [-0.2, 0) is 0 Å². The highest BCUT2D eigenvalue weighted by Gasteiger charge is 2.17. The van der Waals surface area contributed by atoms with Crippen molar-refractivity contribution in [3.05, 3.63) is 85.5 Å². The maximum absolute atomic E-state index is 13.3. The molecule has 3 aromatic rings. The van der Waals surface area contributed by atoms with Gasteiger partial charge in [-0.1, -0.05) is 34.8 Å². The first kappa shape index (κ1) is 20.1. The molecular weight excluding hydrogens is 430 g/mol. The van der Waals surface area contributed by atoms with Gasteiger partial charge in [0.25, 0.3) is 11.5 Å². The Morgan fingerprint density at radius 1 is 1.14 bits per heavy atom. The van der Waals surface area contributed by atoms with Crippen molar-refractivity contribution in [3.63, 3.8) is 0 Å². The molecule has 0 aliphatic heterocycles. The van der Waals surface area contributed by atoms with E-state index in [1.165, 1.54) is 30.4 Å². The van der Waals surface area contributed by atoms with Crippen molar-refractivity contribution in [1.82, 2.24) is 15.2 Å². The van der Waals surface area contributed by atoms with Gasteiger partial charge in [-0.05, 0) is 42.5 Å². The second-order valence-corrected chi connectivity index (χ2v) is 6.89. The van der Waals surface area contributed by atoms with E-state index in [0.717, 1.165) is 10.7 Å². The van der Waals surface area contributed by atoms with Crippen LogP contribution in [-0.4, -0.2) is 22.7 Å². The van der Waals surface area contributed by atoms with Crippen LogP contribution in [0.2, 0.25) is 15.1 Å². The summed E-state index contributed by atoms with van der Waals surface area (Å²) in [4.78, 5) is 24.9. The van der Waals surface area contributed by atoms with E-state index < -0.39 is 17.3 Å². The molecule has 0 radical (unpaired) electrons. The summed E-state index contributed by atoms with van der Waals surface area (Å²) in [5, 5.41) is 5.46. The van der Waals surface area contributed by atoms with Crippen molar-refractivity contribution < 1.29 is 9.18 Å². The molecule has 1 heterocycles. The topological polar surface area (TPSA) is 67.2 Å². The average Bonchev–Trinajstić information content (AvgIpc) is 2.66. The number of carbonyl (C=O) groups excluding carboxylic acids is 1. The molecule has 0 bridgehead atoms. The number of halogens is 4. The molecule has 1 N–H and O–H groups in total. The molecule has 10 heteroatoms. The Labute approximate surface area is 174 Å². The molecule has 0 atom stereocenters. The SMILES string of the molecule is CN(NC(=O)c1ccc(Cl)cc1)c1cnn(-c2ccc(F)c(Cl)c2)c(=O)c1Cl. The number of anilines is 1. The molecule has 144 valence electrons. The first-order chi connectivity index (χ1) is 13.3. The Morgan fingerprint density at radius 2 is 1.82 bits per heavy atom. The molecule has 0 spiro atoms. The van der Waals surface area contributed by atoms with E-state index >= 15 is 0 Å². The van der Waals surface area contributed by atoms with Gasteiger partial charge in [-0.3, -0.25) is 20.0 Å². The molecule has 1 amide bonds. The van der Waals surface area contributed by atoms with Crippen molar-refractivity contribution in [2.75, 3.05) is 12.1 Å². The summed E-state index contributed by atoms with van der Waals surface area (Å²) < 4.78 is 14.3. The second kappa shape index (κ2) is 8.18. The van der Waals surface area contributed by atoms with E-state index in [1.54, 1.807) is 24.3 Å². The average molecular weight is 442 g/mol. The highest BCUT2D eigenvalue weighted by atomic mass is 35.5. The number of rotatable bonds is 4. The van der Waals surface area contributed by atoms with Gasteiger partial charge >= 0.3 is 0 Å². The standard InChI is InChI=1S/C18H12Cl3FN4O2/c1-25(24-17(27)10-2-4-11(19)5-3-10)15-9-23-26(18(28)16(15)21)12-6-7-14(22)13(20)8-12/h2-9H,1H3,(H,24,27). The fourth-order valence-electron chi connectivity index (χ4n) is 2.34. The van der Waals surface area contributed by atoms with E-state index in [-0.39, 0.29) is 21.4 Å². The number of hydrogen-bond acceptors (Lipinski definition) is 4. The Kier molecular flexibility index (Phi) is 5.88. The summed E-state index contributed by atoms with van der Waals surface area (Å²) in [7, 11) is 1.51. The van der Waals surface area contributed by atoms with E-state index in [2.05, 4.69) is 10.5 Å². The summed E-state index contributed by atoms with van der Waals surface area (Å²) in [5.41, 5.74) is 2.72. The Balaban J connectivity index is 1.87. The largest absolute Gasteiger partial charge is 0.292 e. The number of aromatic nitrogens is 2. The molecule has 6 nitrogen and oxygen atoms in total. The normalized spacial score (nSPS) is 10.6. The van der Waals surface area contributed by atoms with E-state index in [4.69, 9.17) is 34.8 Å². The Bertz CT molecular complexity index is 1100. The molecule has 0 aliphatic carbocycles. The van der Waals surface area contributed by atoms with Crippen LogP contribution >= 0.6 is 34.8 Å². The molecule has 3 rings (SSSR count). The number of benzene rings is 2. The summed E-state index contributed by atoms with van der Waals surface area (Å²) in [5.74, 6) is -1.05. The summed E-state index contributed by atoms with van der Waals surface area (Å²) in [6, 6.07) is 10.0. The van der Waals surface area contributed by atoms with Gasteiger partial charge in [0.1, 0.15) is 16.5 Å². The molecule has 28 heavy (non-hydrogen) atoms. The lowest BCUT2D eigenvalue weighted by molar-refractivity contribution is 0.0951. The van der Waals surface area contributed by atoms with Gasteiger partial charge in [0.05, 0.1) is 16.9 Å². The summed E-state index contributed by atoms with van der Waals surface area (Å²) in [6.45, 7) is 0. The van der Waals surface area contributed by atoms with Crippen LogP contribution < -0.4 is 16.0 Å². The first-order valence-electron chi connectivity index (χ1n) is 7.81. The Morgan fingerprint density at radius 3 is 2.46 bits per heavy atom. The molecule has 0 aliphatic rings. The molecule has 2 aromatic carbocycles. The number of hydrogen-bond donors (Lipinski definition) is 1. The van der Waals surface area contributed by atoms with Gasteiger partial charge in [-0.25, -0.2) is 4.39 Å². The van der Waals surface area contributed by atoms with Crippen LogP contribution in [0.1, 0.15) is 10.4 Å². The van der Waals surface area contributed by atoms with Crippen molar-refractivity contribution in [1.29, 1.82) is 0 Å². The van der Waals surface area contributed by atoms with Crippen molar-refractivity contribution >= 4 is 46.4 Å². The maximum atomic E-state index is 13.3. The Hall–Kier alpha value is -2.61. The van der Waals surface area contributed by atoms with Gasteiger partial charge in [0, 0.05) is 17.6 Å². The predicted octanol–water partition coefficient (Wildman–Crippen LogP) is 4.11. The highest BCUT2D eigenvalue weighted by Crippen LogP contribution is 2.21. The number of hydrazine groups is 1. The van der Waals surface area contributed by atoms with Gasteiger partial charge in [-0.15, -0.1) is 0 Å². The van der Waals surface area contributed by atoms with Gasteiger partial charge in [0.15, 0.2) is 0 Å². The molecule has 0 fully saturated rings. The number of amides is 1. The third-order valence-corrected chi connectivity index (χ3v) is 4.68. The first-order valence-corrected chi connectivity index (χ1v) is 8.95. The lowest BCUT2D eigenvalue weighted by atomic mass is 10.2. The van der Waals surface area contributed by atoms with Crippen LogP contribution in [0.3, 0.4) is 0 Å². The van der Waals surface area contributed by atoms with Crippen LogP contribution in [0, 0.1) is 5.82 Å². The van der Waals surface area contributed by atoms with E-state index in [1.807, 2.05) is 0 Å². The van der Waals surface area contributed by atoms with Crippen LogP contribution in [0.15, 0.2) is 53.5 Å². The van der Waals surface area contributed by atoms with Gasteiger partial charge in [-0.2, -0.15) is 9.78 Å². The lowest BCUT2D eigenvalue weighted by Crippen LogP contribution is -2.40. The second-order valence-electron chi connectivity index (χ2n) is 5.67. The van der Waals surface area contributed by atoms with Crippen molar-refractivity contribution in [3.8, 4) is 5.69 Å². The van der Waals surface area contributed by atoms with E-state index in [0.29, 0.717) is 10.6 Å². The highest BCUT2D eigenvalue weighted by molar-refractivity contribution is 6.33. The lowest BCUT2D eigenvalue weighted by Gasteiger charge is -2.21. The fourth-order valence-corrected chi connectivity index (χ4v) is 2.89. The molecule has 0 unspecified atom stereocenters. The van der Waals surface area contributed by atoms with Gasteiger partial charge < -0.3 is 0 Å². The molecule has 1 aromatic heterocycles. The summed E-state index contributed by atoms with van der Waals surface area (Å²) >= 11 is 17.7. The third kappa shape index (κ3) is 4.11. The van der Waals surface area contributed by atoms with Crippen molar-refractivity contribution in [2.24, 2.45) is 0 Å². The monoisotopic (exact) mass is 440 g/mol. The van der Waals surface area contributed by atoms with Crippen LogP contribution in [0.5, 0.6) is 0 Å². The molecule has 0 saturated heterocycles. The zero-order valence-electron chi connectivity index (χ0n) is 14.3. The molecule has 0 saturated carbocycles. The minimum Gasteiger partial charge on any atom is -0.285 e. The third-order valence-electron chi connectivity index (χ3n) is 3.79.